The summed E-state index contributed by atoms with van der Waals surface area (Å²) in [6, 6.07) is 0. The van der Waals surface area contributed by atoms with Gasteiger partial charge in [-0.15, -0.1) is 11.5 Å². The van der Waals surface area contributed by atoms with E-state index in [-0.39, 0.29) is 5.92 Å². The summed E-state index contributed by atoms with van der Waals surface area (Å²) >= 11 is 0. The first-order valence-corrected chi connectivity index (χ1v) is 3.40. The van der Waals surface area contributed by atoms with Crippen molar-refractivity contribution in [3.05, 3.63) is 11.5 Å². The highest BCUT2D eigenvalue weighted by Gasteiger charge is 2.25. The Morgan fingerprint density at radius 1 is 1.50 bits per heavy atom. The van der Waals surface area contributed by atoms with Crippen LogP contribution in [0.25, 0.3) is 0 Å². The van der Waals surface area contributed by atoms with Crippen molar-refractivity contribution in [1.29, 1.82) is 0 Å². The summed E-state index contributed by atoms with van der Waals surface area (Å²) in [5.74, 6) is 0.664. The van der Waals surface area contributed by atoms with Gasteiger partial charge in [0.25, 0.3) is 0 Å². The number of rotatable bonds is 1. The minimum absolute atomic E-state index is 0.170. The van der Waals surface area contributed by atoms with Crippen LogP contribution in [0.15, 0.2) is 11.5 Å². The highest BCUT2D eigenvalue weighted by Crippen LogP contribution is 2.34. The molecule has 0 heterocycles. The predicted octanol–water partition coefficient (Wildman–Crippen LogP) is 2.73. The Labute approximate surface area is 58.2 Å². The second-order valence-electron chi connectivity index (χ2n) is 2.81. The molecule has 0 N–H and O–H groups in total. The molecule has 0 nitrogen and oxygen atoms in total. The number of halogens is 3. The van der Waals surface area contributed by atoms with E-state index in [0.717, 1.165) is 6.42 Å². The summed E-state index contributed by atoms with van der Waals surface area (Å²) in [6.07, 6.45) is 1.56. The first-order valence-electron chi connectivity index (χ1n) is 3.40. The normalized spacial score (nSPS) is 30.4. The number of hydrogen-bond donors (Lipinski definition) is 0. The third kappa shape index (κ3) is 1.79. The summed E-state index contributed by atoms with van der Waals surface area (Å²) < 4.78 is 35.1. The monoisotopic (exact) mass is 149 g/mol. The van der Waals surface area contributed by atoms with E-state index in [4.69, 9.17) is 0 Å². The van der Waals surface area contributed by atoms with Crippen LogP contribution in [0.2, 0.25) is 0 Å². The second kappa shape index (κ2) is 2.33. The van der Waals surface area contributed by atoms with Crippen molar-refractivity contribution in [3.8, 4) is 0 Å². The molecule has 1 aliphatic carbocycles. The van der Waals surface area contributed by atoms with Crippen LogP contribution in [0.1, 0.15) is 19.8 Å². The first kappa shape index (κ1) is 7.70. The fourth-order valence-corrected chi connectivity index (χ4v) is 1.09. The molecule has 1 atom stereocenters. The van der Waals surface area contributed by atoms with Crippen molar-refractivity contribution in [2.24, 2.45) is 5.92 Å². The molecule has 10 heavy (non-hydrogen) atoms. The van der Waals surface area contributed by atoms with E-state index < -0.39 is 6.98 Å². The topological polar surface area (TPSA) is 0 Å². The van der Waals surface area contributed by atoms with Gasteiger partial charge in [-0.2, -0.15) is 0 Å². The summed E-state index contributed by atoms with van der Waals surface area (Å²) in [6.45, 7) is -2.86. The zero-order chi connectivity index (χ0) is 7.78. The maximum absolute atomic E-state index is 11.7. The Morgan fingerprint density at radius 2 is 2.10 bits per heavy atom. The molecule has 1 fully saturated rings. The molecule has 4 heteroatoms. The molecule has 0 aromatic rings. The third-order valence-corrected chi connectivity index (χ3v) is 1.90. The Balaban J connectivity index is 2.55. The fraction of sp³-hybridized carbons (Fsp3) is 0.667. The van der Waals surface area contributed by atoms with Crippen molar-refractivity contribution in [2.75, 3.05) is 0 Å². The first-order chi connectivity index (χ1) is 4.49. The Hall–Kier alpha value is -0.405. The summed E-state index contributed by atoms with van der Waals surface area (Å²) in [4.78, 5) is 0. The molecule has 0 aromatic carbocycles. The van der Waals surface area contributed by atoms with Gasteiger partial charge in [-0.1, -0.05) is 6.92 Å². The predicted molar refractivity (Wildman–Crippen MR) is 35.6 cm³/mol. The van der Waals surface area contributed by atoms with Gasteiger partial charge in [0.05, 0.1) is 0 Å². The van der Waals surface area contributed by atoms with E-state index in [0.29, 0.717) is 18.0 Å². The molecule has 1 unspecified atom stereocenters. The van der Waals surface area contributed by atoms with Crippen LogP contribution in [0.3, 0.4) is 0 Å². The standard InChI is InChI=1S/C6H9BF3/c1-5-2-3-6(5)4-7(8,9)10/h4-5H,2-3H2,1H3/q-1/b6-4+. The molecule has 0 aromatic heterocycles. The third-order valence-electron chi connectivity index (χ3n) is 1.90. The van der Waals surface area contributed by atoms with E-state index in [9.17, 15) is 12.9 Å². The van der Waals surface area contributed by atoms with Crippen LogP contribution in [0, 0.1) is 5.92 Å². The highest BCUT2D eigenvalue weighted by molar-refractivity contribution is 6.64. The maximum Gasteiger partial charge on any atom is 0.502 e. The Bertz CT molecular complexity index is 159. The van der Waals surface area contributed by atoms with Crippen molar-refractivity contribution < 1.29 is 12.9 Å². The van der Waals surface area contributed by atoms with Gasteiger partial charge in [0, 0.05) is 0 Å². The molecule has 1 saturated carbocycles. The molecule has 0 aliphatic heterocycles. The number of allylic oxidation sites excluding steroid dienone is 1. The lowest BCUT2D eigenvalue weighted by atomic mass is 9.74. The quantitative estimate of drug-likeness (QED) is 0.502. The zero-order valence-corrected chi connectivity index (χ0v) is 5.78. The minimum atomic E-state index is -4.69. The largest absolute Gasteiger partial charge is 0.502 e. The molecular weight excluding hydrogens is 140 g/mol. The second-order valence-corrected chi connectivity index (χ2v) is 2.81. The minimum Gasteiger partial charge on any atom is -0.445 e. The van der Waals surface area contributed by atoms with Gasteiger partial charge < -0.3 is 12.9 Å². The fourth-order valence-electron chi connectivity index (χ4n) is 1.09. The van der Waals surface area contributed by atoms with E-state index in [1.54, 1.807) is 0 Å². The average Bonchev–Trinajstić information content (AvgIpc) is 1.78. The lowest BCUT2D eigenvalue weighted by Crippen LogP contribution is -2.19. The van der Waals surface area contributed by atoms with Crippen molar-refractivity contribution in [1.82, 2.24) is 0 Å². The van der Waals surface area contributed by atoms with Gasteiger partial charge in [0.15, 0.2) is 0 Å². The van der Waals surface area contributed by atoms with Crippen LogP contribution < -0.4 is 0 Å². The van der Waals surface area contributed by atoms with E-state index >= 15 is 0 Å². The van der Waals surface area contributed by atoms with E-state index in [1.165, 1.54) is 0 Å². The molecule has 0 amide bonds. The van der Waals surface area contributed by atoms with Crippen LogP contribution in [-0.2, 0) is 0 Å². The SMILES string of the molecule is CC1CC/C1=C\[B-](F)(F)F. The highest BCUT2D eigenvalue weighted by atomic mass is 19.4. The molecule has 0 spiro atoms. The Morgan fingerprint density at radius 3 is 2.20 bits per heavy atom. The molecule has 1 aliphatic rings. The molecule has 58 valence electrons. The van der Waals surface area contributed by atoms with Gasteiger partial charge in [-0.3, -0.25) is 0 Å². The summed E-state index contributed by atoms with van der Waals surface area (Å²) in [5, 5.41) is 0. The average molecular weight is 149 g/mol. The van der Waals surface area contributed by atoms with Gasteiger partial charge in [0.1, 0.15) is 0 Å². The van der Waals surface area contributed by atoms with Crippen molar-refractivity contribution in [2.45, 2.75) is 19.8 Å². The summed E-state index contributed by atoms with van der Waals surface area (Å²) in [7, 11) is 0. The lowest BCUT2D eigenvalue weighted by molar-refractivity contribution is 0.464. The molecule has 0 saturated heterocycles. The lowest BCUT2D eigenvalue weighted by Gasteiger charge is -2.28. The maximum atomic E-state index is 11.7. The van der Waals surface area contributed by atoms with E-state index in [2.05, 4.69) is 0 Å². The van der Waals surface area contributed by atoms with Crippen LogP contribution >= 0.6 is 0 Å². The van der Waals surface area contributed by atoms with Crippen molar-refractivity contribution >= 4 is 6.98 Å². The van der Waals surface area contributed by atoms with Gasteiger partial charge in [0.2, 0.25) is 0 Å². The molecule has 0 bridgehead atoms. The van der Waals surface area contributed by atoms with Crippen LogP contribution in [-0.4, -0.2) is 6.98 Å². The van der Waals surface area contributed by atoms with Gasteiger partial charge in [-0.25, -0.2) is 0 Å². The zero-order valence-electron chi connectivity index (χ0n) is 5.78. The van der Waals surface area contributed by atoms with Crippen LogP contribution in [0.4, 0.5) is 12.9 Å². The van der Waals surface area contributed by atoms with Crippen LogP contribution in [0.5, 0.6) is 0 Å². The number of hydrogen-bond acceptors (Lipinski definition) is 0. The van der Waals surface area contributed by atoms with E-state index in [1.807, 2.05) is 6.92 Å². The molecule has 0 radical (unpaired) electrons. The smallest absolute Gasteiger partial charge is 0.445 e. The molecular formula is C6H9BF3-. The van der Waals surface area contributed by atoms with Gasteiger partial charge >= 0.3 is 6.98 Å². The Kier molecular flexibility index (Phi) is 1.79. The summed E-state index contributed by atoms with van der Waals surface area (Å²) in [5.41, 5.74) is 0.576. The van der Waals surface area contributed by atoms with Crippen molar-refractivity contribution in [3.63, 3.8) is 0 Å². The van der Waals surface area contributed by atoms with Gasteiger partial charge in [-0.05, 0) is 18.8 Å². The molecule has 1 rings (SSSR count).